The monoisotopic (exact) mass is 431 g/mol. The second-order valence-corrected chi connectivity index (χ2v) is 8.09. The standard InChI is InChI=1S/C25H29N5O2/c1-18-9-10-19(2)22(15-18)32-20(3)25(31)28-23-16-24(27-17-26-23)30-13-11-29(12-14-30)21-7-5-4-6-8-21/h4-10,15-17,20H,11-14H2,1-3H3,(H,26,27,28,31). The maximum Gasteiger partial charge on any atom is 0.266 e. The van der Waals surface area contributed by atoms with Crippen molar-refractivity contribution >= 4 is 23.2 Å². The predicted molar refractivity (Wildman–Crippen MR) is 128 cm³/mol. The molecule has 0 saturated carbocycles. The number of benzene rings is 2. The molecular weight excluding hydrogens is 402 g/mol. The van der Waals surface area contributed by atoms with E-state index in [9.17, 15) is 4.79 Å². The second-order valence-electron chi connectivity index (χ2n) is 8.09. The van der Waals surface area contributed by atoms with E-state index in [1.807, 2.05) is 44.2 Å². The van der Waals surface area contributed by atoms with Crippen LogP contribution >= 0.6 is 0 Å². The number of aryl methyl sites for hydroxylation is 2. The van der Waals surface area contributed by atoms with Gasteiger partial charge in [0.25, 0.3) is 5.91 Å². The Morgan fingerprint density at radius 3 is 2.44 bits per heavy atom. The predicted octanol–water partition coefficient (Wildman–Crippen LogP) is 3.83. The maximum atomic E-state index is 12.7. The Labute approximate surface area is 189 Å². The summed E-state index contributed by atoms with van der Waals surface area (Å²) in [5.74, 6) is 1.75. The number of ether oxygens (including phenoxy) is 1. The Balaban J connectivity index is 1.36. The molecular formula is C25H29N5O2. The number of anilines is 3. The lowest BCUT2D eigenvalue weighted by atomic mass is 10.1. The van der Waals surface area contributed by atoms with Gasteiger partial charge in [-0.15, -0.1) is 0 Å². The molecule has 1 amide bonds. The number of carbonyl (C=O) groups excluding carboxylic acids is 1. The van der Waals surface area contributed by atoms with Crippen molar-refractivity contribution in [1.82, 2.24) is 9.97 Å². The third-order valence-electron chi connectivity index (χ3n) is 5.65. The molecule has 166 valence electrons. The highest BCUT2D eigenvalue weighted by Gasteiger charge is 2.20. The van der Waals surface area contributed by atoms with Crippen molar-refractivity contribution in [2.45, 2.75) is 26.9 Å². The lowest BCUT2D eigenvalue weighted by Gasteiger charge is -2.36. The minimum absolute atomic E-state index is 0.246. The number of amides is 1. The van der Waals surface area contributed by atoms with E-state index in [-0.39, 0.29) is 5.91 Å². The van der Waals surface area contributed by atoms with Crippen molar-refractivity contribution < 1.29 is 9.53 Å². The largest absolute Gasteiger partial charge is 0.481 e. The van der Waals surface area contributed by atoms with E-state index in [0.717, 1.165) is 43.1 Å². The first-order valence-corrected chi connectivity index (χ1v) is 10.9. The third kappa shape index (κ3) is 5.17. The molecule has 7 nitrogen and oxygen atoms in total. The molecule has 1 aliphatic heterocycles. The Bertz CT molecular complexity index is 1060. The summed E-state index contributed by atoms with van der Waals surface area (Å²) < 4.78 is 5.89. The molecule has 3 aromatic rings. The lowest BCUT2D eigenvalue weighted by Crippen LogP contribution is -2.46. The number of hydrogen-bond acceptors (Lipinski definition) is 6. The normalized spacial score (nSPS) is 14.7. The van der Waals surface area contributed by atoms with Gasteiger partial charge in [0.15, 0.2) is 6.10 Å². The highest BCUT2D eigenvalue weighted by atomic mass is 16.5. The summed E-state index contributed by atoms with van der Waals surface area (Å²) in [7, 11) is 0. The lowest BCUT2D eigenvalue weighted by molar-refractivity contribution is -0.122. The van der Waals surface area contributed by atoms with Gasteiger partial charge < -0.3 is 19.9 Å². The topological polar surface area (TPSA) is 70.6 Å². The summed E-state index contributed by atoms with van der Waals surface area (Å²) in [4.78, 5) is 25.9. The van der Waals surface area contributed by atoms with E-state index in [1.54, 1.807) is 6.92 Å². The fraction of sp³-hybridized carbons (Fsp3) is 0.320. The van der Waals surface area contributed by atoms with Crippen molar-refractivity contribution in [3.63, 3.8) is 0 Å². The molecule has 0 radical (unpaired) electrons. The maximum absolute atomic E-state index is 12.7. The SMILES string of the molecule is Cc1ccc(C)c(OC(C)C(=O)Nc2cc(N3CCN(c4ccccc4)CC3)ncn2)c1. The molecule has 0 bridgehead atoms. The average molecular weight is 432 g/mol. The summed E-state index contributed by atoms with van der Waals surface area (Å²) in [6, 6.07) is 18.2. The van der Waals surface area contributed by atoms with Crippen LogP contribution in [0.1, 0.15) is 18.1 Å². The fourth-order valence-electron chi connectivity index (χ4n) is 3.73. The number of aromatic nitrogens is 2. The van der Waals surface area contributed by atoms with Crippen LogP contribution in [0.3, 0.4) is 0 Å². The van der Waals surface area contributed by atoms with Gasteiger partial charge in [0.2, 0.25) is 0 Å². The number of carbonyl (C=O) groups is 1. The minimum Gasteiger partial charge on any atom is -0.481 e. The molecule has 1 atom stereocenters. The molecule has 7 heteroatoms. The van der Waals surface area contributed by atoms with Gasteiger partial charge in [0.05, 0.1) is 0 Å². The van der Waals surface area contributed by atoms with Gasteiger partial charge in [0, 0.05) is 37.9 Å². The van der Waals surface area contributed by atoms with Crippen LogP contribution < -0.4 is 19.9 Å². The van der Waals surface area contributed by atoms with E-state index >= 15 is 0 Å². The molecule has 2 aromatic carbocycles. The Hall–Kier alpha value is -3.61. The first-order valence-electron chi connectivity index (χ1n) is 10.9. The molecule has 4 rings (SSSR count). The Morgan fingerprint density at radius 2 is 1.69 bits per heavy atom. The molecule has 1 N–H and O–H groups in total. The van der Waals surface area contributed by atoms with Crippen molar-refractivity contribution in [2.75, 3.05) is 41.3 Å². The number of piperazine rings is 1. The van der Waals surface area contributed by atoms with Crippen molar-refractivity contribution in [2.24, 2.45) is 0 Å². The van der Waals surface area contributed by atoms with Gasteiger partial charge in [-0.05, 0) is 50.1 Å². The van der Waals surface area contributed by atoms with Gasteiger partial charge in [0.1, 0.15) is 23.7 Å². The quantitative estimate of drug-likeness (QED) is 0.640. The van der Waals surface area contributed by atoms with Crippen LogP contribution in [-0.4, -0.2) is 48.2 Å². The van der Waals surface area contributed by atoms with E-state index in [4.69, 9.17) is 4.74 Å². The highest BCUT2D eigenvalue weighted by Crippen LogP contribution is 2.22. The number of nitrogens with one attached hydrogen (secondary N) is 1. The van der Waals surface area contributed by atoms with E-state index < -0.39 is 6.10 Å². The van der Waals surface area contributed by atoms with Crippen LogP contribution in [0.25, 0.3) is 0 Å². The summed E-state index contributed by atoms with van der Waals surface area (Å²) in [5.41, 5.74) is 3.32. The first kappa shape index (κ1) is 21.6. The summed E-state index contributed by atoms with van der Waals surface area (Å²) >= 11 is 0. The summed E-state index contributed by atoms with van der Waals surface area (Å²) in [6.45, 7) is 9.23. The van der Waals surface area contributed by atoms with E-state index in [1.165, 1.54) is 12.0 Å². The van der Waals surface area contributed by atoms with Gasteiger partial charge in [-0.25, -0.2) is 9.97 Å². The van der Waals surface area contributed by atoms with Crippen LogP contribution in [0, 0.1) is 13.8 Å². The zero-order chi connectivity index (χ0) is 22.5. The molecule has 1 aromatic heterocycles. The molecule has 1 aliphatic rings. The zero-order valence-corrected chi connectivity index (χ0v) is 18.8. The molecule has 2 heterocycles. The number of hydrogen-bond donors (Lipinski definition) is 1. The van der Waals surface area contributed by atoms with Crippen molar-refractivity contribution in [3.8, 4) is 5.75 Å². The average Bonchev–Trinajstić information content (AvgIpc) is 2.82. The van der Waals surface area contributed by atoms with Crippen LogP contribution in [0.5, 0.6) is 5.75 Å². The third-order valence-corrected chi connectivity index (χ3v) is 5.65. The molecule has 1 fully saturated rings. The first-order chi connectivity index (χ1) is 15.5. The Morgan fingerprint density at radius 1 is 0.969 bits per heavy atom. The summed E-state index contributed by atoms with van der Waals surface area (Å²) in [6.07, 6.45) is 0.841. The van der Waals surface area contributed by atoms with Crippen molar-refractivity contribution in [1.29, 1.82) is 0 Å². The summed E-state index contributed by atoms with van der Waals surface area (Å²) in [5, 5.41) is 2.86. The molecule has 1 saturated heterocycles. The second kappa shape index (κ2) is 9.68. The molecule has 1 unspecified atom stereocenters. The number of nitrogens with zero attached hydrogens (tertiary/aromatic N) is 4. The van der Waals surface area contributed by atoms with E-state index in [0.29, 0.717) is 11.6 Å². The van der Waals surface area contributed by atoms with Gasteiger partial charge in [-0.2, -0.15) is 0 Å². The minimum atomic E-state index is -0.650. The van der Waals surface area contributed by atoms with Gasteiger partial charge in [-0.1, -0.05) is 30.3 Å². The van der Waals surface area contributed by atoms with Gasteiger partial charge in [-0.3, -0.25) is 4.79 Å². The smallest absolute Gasteiger partial charge is 0.266 e. The van der Waals surface area contributed by atoms with E-state index in [2.05, 4.69) is 49.4 Å². The molecule has 0 spiro atoms. The fourth-order valence-corrected chi connectivity index (χ4v) is 3.73. The molecule has 0 aliphatic carbocycles. The number of rotatable bonds is 6. The zero-order valence-electron chi connectivity index (χ0n) is 18.8. The van der Waals surface area contributed by atoms with Crippen LogP contribution in [0.15, 0.2) is 60.9 Å². The van der Waals surface area contributed by atoms with Crippen LogP contribution in [-0.2, 0) is 4.79 Å². The van der Waals surface area contributed by atoms with Crippen LogP contribution in [0.2, 0.25) is 0 Å². The van der Waals surface area contributed by atoms with Crippen LogP contribution in [0.4, 0.5) is 17.3 Å². The van der Waals surface area contributed by atoms with Crippen molar-refractivity contribution in [3.05, 3.63) is 72.1 Å². The van der Waals surface area contributed by atoms with Gasteiger partial charge >= 0.3 is 0 Å². The molecule has 32 heavy (non-hydrogen) atoms. The Kier molecular flexibility index (Phi) is 6.54. The highest BCUT2D eigenvalue weighted by molar-refractivity contribution is 5.93. The number of para-hydroxylation sites is 1.